The summed E-state index contributed by atoms with van der Waals surface area (Å²) in [5.74, 6) is -2.00. The number of benzene rings is 1. The van der Waals surface area contributed by atoms with E-state index in [0.717, 1.165) is 5.56 Å². The first kappa shape index (κ1) is 24.2. The number of alkyl carbamates (subject to hydrolysis) is 1. The molecule has 176 valence electrons. The predicted molar refractivity (Wildman–Crippen MR) is 118 cm³/mol. The van der Waals surface area contributed by atoms with Gasteiger partial charge in [0.1, 0.15) is 12.4 Å². The number of oxazole rings is 1. The smallest absolute Gasteiger partial charge is 0.408 e. The van der Waals surface area contributed by atoms with Crippen molar-refractivity contribution in [3.05, 3.63) is 53.7 Å². The number of ketones is 2. The Morgan fingerprint density at radius 3 is 2.73 bits per heavy atom. The fourth-order valence-corrected chi connectivity index (χ4v) is 3.64. The minimum absolute atomic E-state index is 0.0290. The van der Waals surface area contributed by atoms with Crippen LogP contribution in [0.2, 0.25) is 0 Å². The van der Waals surface area contributed by atoms with Gasteiger partial charge < -0.3 is 19.8 Å². The average molecular weight is 456 g/mol. The summed E-state index contributed by atoms with van der Waals surface area (Å²) in [6, 6.07) is 8.31. The van der Waals surface area contributed by atoms with E-state index in [4.69, 9.17) is 9.15 Å². The molecule has 2 atom stereocenters. The van der Waals surface area contributed by atoms with Gasteiger partial charge in [0.15, 0.2) is 11.7 Å². The average Bonchev–Trinajstić information content (AvgIpc) is 3.24. The summed E-state index contributed by atoms with van der Waals surface area (Å²) in [6.45, 7) is 3.96. The van der Waals surface area contributed by atoms with Crippen LogP contribution in [0.3, 0.4) is 0 Å². The van der Waals surface area contributed by atoms with Crippen LogP contribution in [0.4, 0.5) is 4.79 Å². The quantitative estimate of drug-likeness (QED) is 0.614. The maximum absolute atomic E-state index is 13.1. The Balaban J connectivity index is 1.66. The molecule has 33 heavy (non-hydrogen) atoms. The van der Waals surface area contributed by atoms with Crippen LogP contribution in [-0.2, 0) is 38.6 Å². The van der Waals surface area contributed by atoms with Crippen molar-refractivity contribution < 1.29 is 28.3 Å². The van der Waals surface area contributed by atoms with Crippen LogP contribution in [0.25, 0.3) is 0 Å². The van der Waals surface area contributed by atoms with Crippen LogP contribution < -0.4 is 10.6 Å². The molecule has 9 nitrogen and oxygen atoms in total. The molecule has 2 heterocycles. The molecule has 0 saturated carbocycles. The maximum Gasteiger partial charge on any atom is 0.408 e. The summed E-state index contributed by atoms with van der Waals surface area (Å²) in [6.07, 6.45) is 1.88. The number of Topliss-reactive ketones (excluding diaryl/α,β-unsaturated/α-hetero) is 2. The zero-order chi connectivity index (χ0) is 23.8. The molecule has 0 fully saturated rings. The van der Waals surface area contributed by atoms with E-state index in [1.54, 1.807) is 20.0 Å². The highest BCUT2D eigenvalue weighted by Crippen LogP contribution is 2.19. The molecule has 0 radical (unpaired) electrons. The molecule has 2 bridgehead atoms. The molecule has 2 aromatic rings. The molecular formula is C24H29N3O6. The van der Waals surface area contributed by atoms with Gasteiger partial charge in [-0.15, -0.1) is 0 Å². The van der Waals surface area contributed by atoms with E-state index in [2.05, 4.69) is 15.6 Å². The topological polar surface area (TPSA) is 128 Å². The van der Waals surface area contributed by atoms with Crippen molar-refractivity contribution in [3.8, 4) is 0 Å². The summed E-state index contributed by atoms with van der Waals surface area (Å²) in [5.41, 5.74) is 0.819. The van der Waals surface area contributed by atoms with Gasteiger partial charge >= 0.3 is 6.09 Å². The van der Waals surface area contributed by atoms with Crippen molar-refractivity contribution in [1.29, 1.82) is 0 Å². The maximum atomic E-state index is 13.1. The summed E-state index contributed by atoms with van der Waals surface area (Å²) < 4.78 is 10.9. The van der Waals surface area contributed by atoms with Crippen molar-refractivity contribution in [2.45, 2.75) is 52.2 Å². The molecule has 2 N–H and O–H groups in total. The molecule has 1 aliphatic rings. The van der Waals surface area contributed by atoms with Crippen LogP contribution in [0.1, 0.15) is 43.9 Å². The van der Waals surface area contributed by atoms with E-state index in [9.17, 15) is 19.2 Å². The normalized spacial score (nSPS) is 17.6. The first-order valence-corrected chi connectivity index (χ1v) is 11.1. The molecule has 2 amide bonds. The monoisotopic (exact) mass is 455 g/mol. The number of rotatable bonds is 7. The fourth-order valence-electron chi connectivity index (χ4n) is 3.64. The third-order valence-electron chi connectivity index (χ3n) is 5.45. The first-order chi connectivity index (χ1) is 15.8. The van der Waals surface area contributed by atoms with Gasteiger partial charge in [-0.3, -0.25) is 14.4 Å². The van der Waals surface area contributed by atoms with Crippen LogP contribution in [0.5, 0.6) is 0 Å². The minimum Gasteiger partial charge on any atom is -0.446 e. The highest BCUT2D eigenvalue weighted by atomic mass is 16.5. The van der Waals surface area contributed by atoms with E-state index in [-0.39, 0.29) is 31.1 Å². The number of nitrogens with one attached hydrogen (secondary N) is 2. The number of fused-ring (bicyclic) bond motifs is 2. The van der Waals surface area contributed by atoms with Crippen LogP contribution >= 0.6 is 0 Å². The molecule has 0 aliphatic carbocycles. The third kappa shape index (κ3) is 7.00. The van der Waals surface area contributed by atoms with Crippen molar-refractivity contribution in [2.24, 2.45) is 11.8 Å². The zero-order valence-corrected chi connectivity index (χ0v) is 18.8. The Bertz CT molecular complexity index is 985. The summed E-state index contributed by atoms with van der Waals surface area (Å²) in [4.78, 5) is 54.6. The van der Waals surface area contributed by atoms with Crippen LogP contribution in [0.15, 0.2) is 40.9 Å². The lowest BCUT2D eigenvalue weighted by Gasteiger charge is -2.23. The Morgan fingerprint density at radius 1 is 1.24 bits per heavy atom. The molecule has 0 saturated heterocycles. The number of carbonyl (C=O) groups is 4. The van der Waals surface area contributed by atoms with E-state index in [0.29, 0.717) is 31.0 Å². The zero-order valence-electron chi connectivity index (χ0n) is 18.8. The molecule has 1 aliphatic heterocycles. The molecule has 0 spiro atoms. The van der Waals surface area contributed by atoms with E-state index in [1.807, 2.05) is 30.3 Å². The minimum atomic E-state index is -0.939. The van der Waals surface area contributed by atoms with Crippen molar-refractivity contribution >= 4 is 23.6 Å². The first-order valence-electron chi connectivity index (χ1n) is 11.1. The second kappa shape index (κ2) is 11.4. The summed E-state index contributed by atoms with van der Waals surface area (Å²) >= 11 is 0. The van der Waals surface area contributed by atoms with E-state index >= 15 is 0 Å². The number of aromatic nitrogens is 1. The predicted octanol–water partition coefficient (Wildman–Crippen LogP) is 2.38. The highest BCUT2D eigenvalue weighted by molar-refractivity contribution is 6.37. The number of ether oxygens (including phenoxy) is 1. The molecule has 1 aromatic carbocycles. The second-order valence-electron chi connectivity index (χ2n) is 8.44. The SMILES string of the molecule is CC(C)C(NC(=O)OCc1ccccc1)C(=O)CC1Cc2ncc(o2)CCCNC(=O)C1=O. The van der Waals surface area contributed by atoms with Crippen LogP contribution in [-0.4, -0.2) is 41.1 Å². The van der Waals surface area contributed by atoms with Gasteiger partial charge in [-0.1, -0.05) is 44.2 Å². The number of hydrogen-bond acceptors (Lipinski definition) is 7. The van der Waals surface area contributed by atoms with Gasteiger partial charge in [-0.2, -0.15) is 0 Å². The Kier molecular flexibility index (Phi) is 8.34. The molecule has 9 heteroatoms. The van der Waals surface area contributed by atoms with Gasteiger partial charge in [0.2, 0.25) is 5.78 Å². The molecule has 1 aromatic heterocycles. The fraction of sp³-hybridized carbons (Fsp3) is 0.458. The summed E-state index contributed by atoms with van der Waals surface area (Å²) in [7, 11) is 0. The molecule has 2 unspecified atom stereocenters. The van der Waals surface area contributed by atoms with Gasteiger partial charge in [-0.05, 0) is 17.9 Å². The van der Waals surface area contributed by atoms with Crippen LogP contribution in [0, 0.1) is 11.8 Å². The number of nitrogens with zero attached hydrogens (tertiary/aromatic N) is 1. The van der Waals surface area contributed by atoms with E-state index < -0.39 is 29.7 Å². The Labute approximate surface area is 192 Å². The third-order valence-corrected chi connectivity index (χ3v) is 5.45. The van der Waals surface area contributed by atoms with Crippen molar-refractivity contribution in [1.82, 2.24) is 15.6 Å². The number of aryl methyl sites for hydroxylation is 1. The van der Waals surface area contributed by atoms with Crippen molar-refractivity contribution in [2.75, 3.05) is 6.54 Å². The van der Waals surface area contributed by atoms with Gasteiger partial charge in [-0.25, -0.2) is 9.78 Å². The van der Waals surface area contributed by atoms with Gasteiger partial charge in [0.05, 0.1) is 12.2 Å². The lowest BCUT2D eigenvalue weighted by molar-refractivity contribution is -0.141. The number of amides is 2. The lowest BCUT2D eigenvalue weighted by Crippen LogP contribution is -2.46. The Morgan fingerprint density at radius 2 is 2.00 bits per heavy atom. The highest BCUT2D eigenvalue weighted by Gasteiger charge is 2.33. The van der Waals surface area contributed by atoms with E-state index in [1.165, 1.54) is 0 Å². The van der Waals surface area contributed by atoms with Crippen molar-refractivity contribution in [3.63, 3.8) is 0 Å². The van der Waals surface area contributed by atoms with Gasteiger partial charge in [0.25, 0.3) is 5.91 Å². The lowest BCUT2D eigenvalue weighted by atomic mass is 9.88. The Hall–Kier alpha value is -3.49. The molecular weight excluding hydrogens is 426 g/mol. The second-order valence-corrected chi connectivity index (χ2v) is 8.44. The largest absolute Gasteiger partial charge is 0.446 e. The standard InChI is InChI=1S/C24H29N3O6/c1-15(2)21(27-24(31)32-14-16-7-4-3-5-8-16)19(28)11-17-12-20-26-13-18(33-20)9-6-10-25-23(30)22(17)29/h3-5,7-8,13,15,17,21H,6,9-12,14H2,1-2H3,(H,25,30)(H,27,31). The number of carbonyl (C=O) groups excluding carboxylic acids is 4. The van der Waals surface area contributed by atoms with Gasteiger partial charge in [0, 0.05) is 31.7 Å². The summed E-state index contributed by atoms with van der Waals surface area (Å²) in [5, 5.41) is 5.20. The molecule has 3 rings (SSSR count). The number of hydrogen-bond donors (Lipinski definition) is 2.